The van der Waals surface area contributed by atoms with Crippen LogP contribution < -0.4 is 5.32 Å². The number of furan rings is 1. The fourth-order valence-corrected chi connectivity index (χ4v) is 1.99. The van der Waals surface area contributed by atoms with Crippen molar-refractivity contribution in [2.24, 2.45) is 0 Å². The molecule has 1 N–H and O–H groups in total. The molecule has 92 valence electrons. The van der Waals surface area contributed by atoms with Gasteiger partial charge in [0.1, 0.15) is 11.5 Å². The molecule has 0 unspecified atom stereocenters. The first kappa shape index (κ1) is 12.9. The molecule has 2 aromatic rings. The SMILES string of the molecule is Cc1ccc(/C=C/C(=O)Nc2cccc(I)c2)o1. The number of aryl methyl sites for hydroxylation is 1. The highest BCUT2D eigenvalue weighted by Gasteiger charge is 1.99. The molecule has 1 amide bonds. The van der Waals surface area contributed by atoms with E-state index in [0.29, 0.717) is 5.76 Å². The average molecular weight is 353 g/mol. The number of anilines is 1. The second-order valence-corrected chi connectivity index (χ2v) is 5.03. The second kappa shape index (κ2) is 5.86. The van der Waals surface area contributed by atoms with Crippen LogP contribution in [0, 0.1) is 10.5 Å². The van der Waals surface area contributed by atoms with Gasteiger partial charge in [0.2, 0.25) is 5.91 Å². The zero-order valence-corrected chi connectivity index (χ0v) is 12.0. The smallest absolute Gasteiger partial charge is 0.248 e. The van der Waals surface area contributed by atoms with Crippen LogP contribution in [-0.4, -0.2) is 5.91 Å². The van der Waals surface area contributed by atoms with Crippen LogP contribution in [0.15, 0.2) is 46.9 Å². The Morgan fingerprint density at radius 3 is 2.83 bits per heavy atom. The fourth-order valence-electron chi connectivity index (χ4n) is 1.45. The predicted molar refractivity (Wildman–Crippen MR) is 80.3 cm³/mol. The molecular formula is C14H12INO2. The van der Waals surface area contributed by atoms with Crippen LogP contribution in [0.25, 0.3) is 6.08 Å². The molecule has 0 aliphatic carbocycles. The molecule has 0 saturated carbocycles. The molecule has 2 rings (SSSR count). The normalized spacial score (nSPS) is 10.8. The quantitative estimate of drug-likeness (QED) is 0.673. The summed E-state index contributed by atoms with van der Waals surface area (Å²) < 4.78 is 6.41. The molecule has 1 aromatic carbocycles. The van der Waals surface area contributed by atoms with E-state index in [9.17, 15) is 4.79 Å². The third-order valence-corrected chi connectivity index (χ3v) is 2.92. The van der Waals surface area contributed by atoms with Gasteiger partial charge in [0.25, 0.3) is 0 Å². The lowest BCUT2D eigenvalue weighted by Crippen LogP contribution is -2.07. The molecule has 0 atom stereocenters. The minimum atomic E-state index is -0.175. The van der Waals surface area contributed by atoms with Gasteiger partial charge >= 0.3 is 0 Å². The Balaban J connectivity index is 1.98. The highest BCUT2D eigenvalue weighted by molar-refractivity contribution is 14.1. The summed E-state index contributed by atoms with van der Waals surface area (Å²) in [6.45, 7) is 1.86. The summed E-state index contributed by atoms with van der Waals surface area (Å²) in [4.78, 5) is 11.7. The maximum atomic E-state index is 11.7. The molecule has 0 aliphatic rings. The second-order valence-electron chi connectivity index (χ2n) is 3.78. The first-order valence-electron chi connectivity index (χ1n) is 5.44. The molecule has 0 saturated heterocycles. The van der Waals surface area contributed by atoms with E-state index in [-0.39, 0.29) is 5.91 Å². The number of carbonyl (C=O) groups excluding carboxylic acids is 1. The molecule has 18 heavy (non-hydrogen) atoms. The van der Waals surface area contributed by atoms with Gasteiger partial charge in [-0.05, 0) is 65.9 Å². The zero-order chi connectivity index (χ0) is 13.0. The fraction of sp³-hybridized carbons (Fsp3) is 0.0714. The van der Waals surface area contributed by atoms with Crippen molar-refractivity contribution in [3.8, 4) is 0 Å². The maximum Gasteiger partial charge on any atom is 0.248 e. The Morgan fingerprint density at radius 2 is 2.17 bits per heavy atom. The van der Waals surface area contributed by atoms with Gasteiger partial charge < -0.3 is 9.73 Å². The molecule has 0 fully saturated rings. The number of rotatable bonds is 3. The van der Waals surface area contributed by atoms with Crippen LogP contribution in [0.4, 0.5) is 5.69 Å². The Morgan fingerprint density at radius 1 is 1.33 bits per heavy atom. The molecule has 1 heterocycles. The number of benzene rings is 1. The van der Waals surface area contributed by atoms with E-state index in [1.165, 1.54) is 6.08 Å². The summed E-state index contributed by atoms with van der Waals surface area (Å²) in [5.74, 6) is 1.32. The Labute approximate surface area is 119 Å². The van der Waals surface area contributed by atoms with Crippen LogP contribution in [0.1, 0.15) is 11.5 Å². The number of hydrogen-bond donors (Lipinski definition) is 1. The standard InChI is InChI=1S/C14H12INO2/c1-10-5-6-13(18-10)7-8-14(17)16-12-4-2-3-11(15)9-12/h2-9H,1H3,(H,16,17)/b8-7+. The molecule has 0 radical (unpaired) electrons. The topological polar surface area (TPSA) is 42.2 Å². The van der Waals surface area contributed by atoms with Gasteiger partial charge in [-0.25, -0.2) is 0 Å². The third kappa shape index (κ3) is 3.73. The van der Waals surface area contributed by atoms with Gasteiger partial charge in [-0.15, -0.1) is 0 Å². The van der Waals surface area contributed by atoms with Gasteiger partial charge in [-0.2, -0.15) is 0 Å². The van der Waals surface area contributed by atoms with Crippen molar-refractivity contribution in [3.63, 3.8) is 0 Å². The minimum Gasteiger partial charge on any atom is -0.462 e. The molecule has 4 heteroatoms. The summed E-state index contributed by atoms with van der Waals surface area (Å²) in [5.41, 5.74) is 0.784. The molecule has 0 bridgehead atoms. The number of carbonyl (C=O) groups is 1. The summed E-state index contributed by atoms with van der Waals surface area (Å²) in [6, 6.07) is 11.3. The molecule has 0 aliphatic heterocycles. The van der Waals surface area contributed by atoms with Crippen molar-refractivity contribution in [1.29, 1.82) is 0 Å². The highest BCUT2D eigenvalue weighted by Crippen LogP contribution is 2.13. The van der Waals surface area contributed by atoms with Crippen LogP contribution in [0.3, 0.4) is 0 Å². The summed E-state index contributed by atoms with van der Waals surface area (Å²) in [5, 5.41) is 2.79. The van der Waals surface area contributed by atoms with Crippen LogP contribution in [0.2, 0.25) is 0 Å². The zero-order valence-electron chi connectivity index (χ0n) is 9.81. The van der Waals surface area contributed by atoms with E-state index in [1.807, 2.05) is 43.3 Å². The lowest BCUT2D eigenvalue weighted by molar-refractivity contribution is -0.111. The van der Waals surface area contributed by atoms with Crippen LogP contribution in [-0.2, 0) is 4.79 Å². The monoisotopic (exact) mass is 353 g/mol. The van der Waals surface area contributed by atoms with Crippen molar-refractivity contribution in [2.45, 2.75) is 6.92 Å². The third-order valence-electron chi connectivity index (χ3n) is 2.25. The van der Waals surface area contributed by atoms with E-state index in [4.69, 9.17) is 4.42 Å². The van der Waals surface area contributed by atoms with E-state index in [2.05, 4.69) is 27.9 Å². The van der Waals surface area contributed by atoms with Crippen LogP contribution in [0.5, 0.6) is 0 Å². The average Bonchev–Trinajstić information content (AvgIpc) is 2.73. The highest BCUT2D eigenvalue weighted by atomic mass is 127. The molecular weight excluding hydrogens is 341 g/mol. The largest absolute Gasteiger partial charge is 0.462 e. The van der Waals surface area contributed by atoms with Crippen molar-refractivity contribution in [2.75, 3.05) is 5.32 Å². The maximum absolute atomic E-state index is 11.7. The van der Waals surface area contributed by atoms with Crippen molar-refractivity contribution in [3.05, 3.63) is 57.6 Å². The van der Waals surface area contributed by atoms with E-state index in [0.717, 1.165) is 15.0 Å². The van der Waals surface area contributed by atoms with Crippen LogP contribution >= 0.6 is 22.6 Å². The minimum absolute atomic E-state index is 0.175. The molecule has 3 nitrogen and oxygen atoms in total. The van der Waals surface area contributed by atoms with Gasteiger partial charge in [-0.1, -0.05) is 6.07 Å². The lowest BCUT2D eigenvalue weighted by atomic mass is 10.3. The molecule has 0 spiro atoms. The number of nitrogens with one attached hydrogen (secondary N) is 1. The summed E-state index contributed by atoms with van der Waals surface area (Å²) in [6.07, 6.45) is 3.11. The first-order valence-corrected chi connectivity index (χ1v) is 6.52. The Kier molecular flexibility index (Phi) is 4.19. The number of hydrogen-bond acceptors (Lipinski definition) is 2. The Hall–Kier alpha value is -1.56. The predicted octanol–water partition coefficient (Wildman–Crippen LogP) is 3.84. The first-order chi connectivity index (χ1) is 8.63. The van der Waals surface area contributed by atoms with Gasteiger partial charge in [0, 0.05) is 15.3 Å². The lowest BCUT2D eigenvalue weighted by Gasteiger charge is -2.01. The van der Waals surface area contributed by atoms with E-state index >= 15 is 0 Å². The summed E-state index contributed by atoms with van der Waals surface area (Å²) >= 11 is 2.20. The van der Waals surface area contributed by atoms with Gasteiger partial charge in [0.15, 0.2) is 0 Å². The molecule has 1 aromatic heterocycles. The number of halogens is 1. The van der Waals surface area contributed by atoms with E-state index < -0.39 is 0 Å². The van der Waals surface area contributed by atoms with Crippen molar-refractivity contribution >= 4 is 40.3 Å². The van der Waals surface area contributed by atoms with Gasteiger partial charge in [-0.3, -0.25) is 4.79 Å². The van der Waals surface area contributed by atoms with Crippen molar-refractivity contribution < 1.29 is 9.21 Å². The van der Waals surface area contributed by atoms with Gasteiger partial charge in [0.05, 0.1) is 0 Å². The van der Waals surface area contributed by atoms with Crippen molar-refractivity contribution in [1.82, 2.24) is 0 Å². The Bertz CT molecular complexity index is 587. The number of amides is 1. The summed E-state index contributed by atoms with van der Waals surface area (Å²) in [7, 11) is 0. The van der Waals surface area contributed by atoms with E-state index in [1.54, 1.807) is 6.08 Å².